The number of halogens is 2. The van der Waals surface area contributed by atoms with Gasteiger partial charge in [-0.3, -0.25) is 10.1 Å². The van der Waals surface area contributed by atoms with Crippen LogP contribution in [0, 0.1) is 0 Å². The van der Waals surface area contributed by atoms with Crippen LogP contribution in [0.15, 0.2) is 95.4 Å². The average Bonchev–Trinajstić information content (AvgIpc) is 3.31. The lowest BCUT2D eigenvalue weighted by Crippen LogP contribution is -2.34. The van der Waals surface area contributed by atoms with Gasteiger partial charge in [-0.05, 0) is 78.4 Å². The number of ether oxygens (including phenoxy) is 1. The van der Waals surface area contributed by atoms with Crippen LogP contribution in [0.3, 0.4) is 0 Å². The quantitative estimate of drug-likeness (QED) is 0.214. The van der Waals surface area contributed by atoms with Crippen LogP contribution in [0.1, 0.15) is 15.9 Å². The number of rotatable bonds is 6. The number of aromatic nitrogens is 1. The highest BCUT2D eigenvalue weighted by molar-refractivity contribution is 7.80. The van der Waals surface area contributed by atoms with Crippen molar-refractivity contribution in [3.05, 3.63) is 112 Å². The molecule has 0 saturated carbocycles. The molecule has 0 bridgehead atoms. The fraction of sp³-hybridized carbons (Fsp3) is 0.0357. The minimum atomic E-state index is -0.339. The number of carbonyl (C=O) groups excluding carboxylic acids is 1. The molecule has 0 aliphatic heterocycles. The Morgan fingerprint density at radius 2 is 1.73 bits per heavy atom. The van der Waals surface area contributed by atoms with E-state index in [1.807, 2.05) is 30.3 Å². The molecule has 9 heteroatoms. The van der Waals surface area contributed by atoms with Crippen molar-refractivity contribution in [1.82, 2.24) is 10.3 Å². The molecule has 1 heterocycles. The molecule has 1 aromatic heterocycles. The molecule has 0 radical (unpaired) electrons. The number of benzene rings is 4. The Balaban J connectivity index is 1.20. The van der Waals surface area contributed by atoms with Crippen LogP contribution in [0.4, 0.5) is 5.69 Å². The molecule has 0 fully saturated rings. The number of nitrogens with one attached hydrogen (secondary N) is 2. The van der Waals surface area contributed by atoms with E-state index in [1.54, 1.807) is 60.7 Å². The number of hydrogen-bond donors (Lipinski definition) is 2. The van der Waals surface area contributed by atoms with Crippen LogP contribution in [0.25, 0.3) is 22.6 Å². The van der Waals surface area contributed by atoms with Crippen molar-refractivity contribution in [2.24, 2.45) is 0 Å². The molecule has 1 amide bonds. The third-order valence-electron chi connectivity index (χ3n) is 5.40. The fourth-order valence-corrected chi connectivity index (χ4v) is 4.26. The molecule has 0 unspecified atom stereocenters. The van der Waals surface area contributed by atoms with E-state index in [9.17, 15) is 4.79 Å². The van der Waals surface area contributed by atoms with Gasteiger partial charge in [-0.15, -0.1) is 0 Å². The summed E-state index contributed by atoms with van der Waals surface area (Å²) in [6, 6.07) is 27.1. The minimum Gasteiger partial charge on any atom is -0.489 e. The van der Waals surface area contributed by atoms with Crippen molar-refractivity contribution < 1.29 is 13.9 Å². The highest BCUT2D eigenvalue weighted by Gasteiger charge is 2.14. The molecule has 6 nitrogen and oxygen atoms in total. The molecule has 2 N–H and O–H groups in total. The summed E-state index contributed by atoms with van der Waals surface area (Å²) >= 11 is 17.6. The largest absolute Gasteiger partial charge is 0.489 e. The van der Waals surface area contributed by atoms with Crippen LogP contribution in [-0.4, -0.2) is 16.0 Å². The Morgan fingerprint density at radius 3 is 2.49 bits per heavy atom. The van der Waals surface area contributed by atoms with Crippen molar-refractivity contribution in [2.45, 2.75) is 6.61 Å². The van der Waals surface area contributed by atoms with Gasteiger partial charge in [-0.1, -0.05) is 53.5 Å². The van der Waals surface area contributed by atoms with Crippen molar-refractivity contribution in [2.75, 3.05) is 5.32 Å². The lowest BCUT2D eigenvalue weighted by atomic mass is 10.2. The van der Waals surface area contributed by atoms with Crippen molar-refractivity contribution in [3.63, 3.8) is 0 Å². The van der Waals surface area contributed by atoms with Gasteiger partial charge in [0.25, 0.3) is 5.91 Å². The zero-order valence-corrected chi connectivity index (χ0v) is 21.5. The summed E-state index contributed by atoms with van der Waals surface area (Å²) in [7, 11) is 0. The Hall–Kier alpha value is -3.91. The van der Waals surface area contributed by atoms with Gasteiger partial charge in [0.2, 0.25) is 5.89 Å². The predicted octanol–water partition coefficient (Wildman–Crippen LogP) is 7.51. The zero-order valence-electron chi connectivity index (χ0n) is 19.2. The van der Waals surface area contributed by atoms with Gasteiger partial charge in [-0.2, -0.15) is 0 Å². The summed E-state index contributed by atoms with van der Waals surface area (Å²) in [5.41, 5.74) is 3.98. The van der Waals surface area contributed by atoms with Crippen LogP contribution < -0.4 is 15.4 Å². The lowest BCUT2D eigenvalue weighted by Gasteiger charge is -2.10. The second-order valence-corrected chi connectivity index (χ2v) is 9.28. The van der Waals surface area contributed by atoms with E-state index in [-0.39, 0.29) is 11.0 Å². The van der Waals surface area contributed by atoms with Gasteiger partial charge >= 0.3 is 0 Å². The predicted molar refractivity (Wildman–Crippen MR) is 150 cm³/mol. The summed E-state index contributed by atoms with van der Waals surface area (Å²) in [5, 5.41) is 6.80. The molecule has 5 rings (SSSR count). The average molecular weight is 548 g/mol. The van der Waals surface area contributed by atoms with Crippen molar-refractivity contribution >= 4 is 63.2 Å². The van der Waals surface area contributed by atoms with E-state index in [4.69, 9.17) is 44.6 Å². The standard InChI is InChI=1S/C28H19Cl2N3O3S/c29-19-8-12-22(23(30)14-19)27-32-24-15-20(9-13-25(24)36-27)31-28(37)33-26(34)18-6-10-21(11-7-18)35-16-17-4-2-1-3-5-17/h1-15H,16H2,(H2,31,33,34,37). The molecule has 0 saturated heterocycles. The number of oxazole rings is 1. The van der Waals surface area contributed by atoms with Crippen LogP contribution >= 0.6 is 35.4 Å². The van der Waals surface area contributed by atoms with Gasteiger partial charge in [0.1, 0.15) is 17.9 Å². The van der Waals surface area contributed by atoms with Gasteiger partial charge in [-0.25, -0.2) is 4.98 Å². The molecular weight excluding hydrogens is 529 g/mol. The number of fused-ring (bicyclic) bond motifs is 1. The Bertz CT molecular complexity index is 1590. The third kappa shape index (κ3) is 6.09. The summed E-state index contributed by atoms with van der Waals surface area (Å²) < 4.78 is 11.6. The number of amides is 1. The first-order valence-corrected chi connectivity index (χ1v) is 12.4. The smallest absolute Gasteiger partial charge is 0.257 e. The monoisotopic (exact) mass is 547 g/mol. The van der Waals surface area contributed by atoms with E-state index < -0.39 is 0 Å². The highest BCUT2D eigenvalue weighted by Crippen LogP contribution is 2.32. The summed E-state index contributed by atoms with van der Waals surface area (Å²) in [4.78, 5) is 17.2. The maximum Gasteiger partial charge on any atom is 0.257 e. The molecule has 0 atom stereocenters. The summed E-state index contributed by atoms with van der Waals surface area (Å²) in [6.45, 7) is 0.449. The maximum absolute atomic E-state index is 12.6. The number of anilines is 1. The second-order valence-electron chi connectivity index (χ2n) is 8.03. The second kappa shape index (κ2) is 11.0. The van der Waals surface area contributed by atoms with Gasteiger partial charge in [0, 0.05) is 16.3 Å². The Labute approximate surface area is 228 Å². The molecule has 37 heavy (non-hydrogen) atoms. The minimum absolute atomic E-state index is 0.151. The Morgan fingerprint density at radius 1 is 0.946 bits per heavy atom. The molecule has 0 aliphatic rings. The summed E-state index contributed by atoms with van der Waals surface area (Å²) in [6.07, 6.45) is 0. The topological polar surface area (TPSA) is 76.4 Å². The number of nitrogens with zero attached hydrogens (tertiary/aromatic N) is 1. The normalized spacial score (nSPS) is 10.8. The van der Waals surface area contributed by atoms with Gasteiger partial charge in [0.05, 0.1) is 10.6 Å². The zero-order chi connectivity index (χ0) is 25.8. The summed E-state index contributed by atoms with van der Waals surface area (Å²) in [5.74, 6) is 0.705. The van der Waals surface area contributed by atoms with E-state index in [0.717, 1.165) is 5.56 Å². The van der Waals surface area contributed by atoms with E-state index in [1.165, 1.54) is 0 Å². The van der Waals surface area contributed by atoms with E-state index in [2.05, 4.69) is 15.6 Å². The molecule has 4 aromatic carbocycles. The molecule has 0 spiro atoms. The number of thiocarbonyl (C=S) groups is 1. The fourth-order valence-electron chi connectivity index (χ4n) is 3.56. The highest BCUT2D eigenvalue weighted by atomic mass is 35.5. The first-order chi connectivity index (χ1) is 17.9. The van der Waals surface area contributed by atoms with Crippen LogP contribution in [0.5, 0.6) is 5.75 Å². The SMILES string of the molecule is O=C(NC(=S)Nc1ccc2oc(-c3ccc(Cl)cc3Cl)nc2c1)c1ccc(OCc2ccccc2)cc1. The number of hydrogen-bond acceptors (Lipinski definition) is 5. The van der Waals surface area contributed by atoms with Crippen molar-refractivity contribution in [3.8, 4) is 17.2 Å². The Kier molecular flexibility index (Phi) is 7.37. The maximum atomic E-state index is 12.6. The lowest BCUT2D eigenvalue weighted by molar-refractivity contribution is 0.0977. The first-order valence-electron chi connectivity index (χ1n) is 11.2. The molecule has 0 aliphatic carbocycles. The first kappa shape index (κ1) is 24.8. The molecular formula is C28H19Cl2N3O3S. The van der Waals surface area contributed by atoms with Crippen molar-refractivity contribution in [1.29, 1.82) is 0 Å². The van der Waals surface area contributed by atoms with E-state index >= 15 is 0 Å². The van der Waals surface area contributed by atoms with E-state index in [0.29, 0.717) is 56.2 Å². The van der Waals surface area contributed by atoms with Gasteiger partial charge in [0.15, 0.2) is 10.7 Å². The number of carbonyl (C=O) groups is 1. The molecule has 5 aromatic rings. The van der Waals surface area contributed by atoms with Gasteiger partial charge < -0.3 is 14.5 Å². The van der Waals surface area contributed by atoms with Crippen LogP contribution in [0.2, 0.25) is 10.0 Å². The van der Waals surface area contributed by atoms with Crippen LogP contribution in [-0.2, 0) is 6.61 Å². The third-order valence-corrected chi connectivity index (χ3v) is 6.15. The molecule has 184 valence electrons.